The van der Waals surface area contributed by atoms with Gasteiger partial charge in [0.15, 0.2) is 0 Å². The fourth-order valence-electron chi connectivity index (χ4n) is 4.16. The molecule has 1 aliphatic carbocycles. The molecule has 0 aliphatic heterocycles. The number of rotatable bonds is 10. The number of carbonyl (C=O) groups is 1. The maximum atomic E-state index is 13.7. The lowest BCUT2D eigenvalue weighted by molar-refractivity contribution is -0.274. The Morgan fingerprint density at radius 3 is 2.47 bits per heavy atom. The molecule has 1 N–H and O–H groups in total. The lowest BCUT2D eigenvalue weighted by Crippen LogP contribution is -2.33. The van der Waals surface area contributed by atoms with Crippen molar-refractivity contribution in [2.45, 2.75) is 45.0 Å². The van der Waals surface area contributed by atoms with Crippen LogP contribution in [0.5, 0.6) is 5.75 Å². The van der Waals surface area contributed by atoms with E-state index >= 15 is 0 Å². The van der Waals surface area contributed by atoms with E-state index in [2.05, 4.69) is 22.2 Å². The topological polar surface area (TPSA) is 41.6 Å². The van der Waals surface area contributed by atoms with Crippen molar-refractivity contribution < 1.29 is 22.7 Å². The number of hydrogen-bond acceptors (Lipinski definition) is 3. The third-order valence-corrected chi connectivity index (χ3v) is 6.31. The summed E-state index contributed by atoms with van der Waals surface area (Å²) >= 11 is 6.22. The third-order valence-electron chi connectivity index (χ3n) is 6.07. The van der Waals surface area contributed by atoms with Crippen LogP contribution in [0.15, 0.2) is 66.7 Å². The predicted molar refractivity (Wildman–Crippen MR) is 136 cm³/mol. The van der Waals surface area contributed by atoms with Crippen LogP contribution in [0.2, 0.25) is 5.02 Å². The van der Waals surface area contributed by atoms with Crippen molar-refractivity contribution >= 4 is 23.2 Å². The average molecular weight is 517 g/mol. The van der Waals surface area contributed by atoms with Gasteiger partial charge in [-0.05, 0) is 79.1 Å². The SMILES string of the molecule is CCNc1ccc(Cl)cc1C(=O)N(CCc1cccc(OC(F)(F)F)c1)Cc1ccc(C2CC2)cc1. The molecule has 0 aromatic heterocycles. The Kier molecular flexibility index (Phi) is 8.09. The molecule has 0 heterocycles. The van der Waals surface area contributed by atoms with Crippen LogP contribution in [0.4, 0.5) is 18.9 Å². The minimum Gasteiger partial charge on any atom is -0.406 e. The Hall–Kier alpha value is -3.19. The van der Waals surface area contributed by atoms with Gasteiger partial charge >= 0.3 is 6.36 Å². The molecular weight excluding hydrogens is 489 g/mol. The summed E-state index contributed by atoms with van der Waals surface area (Å²) in [5.41, 5.74) is 4.06. The minimum absolute atomic E-state index is 0.206. The predicted octanol–water partition coefficient (Wildman–Crippen LogP) is 7.43. The Balaban J connectivity index is 1.56. The number of anilines is 1. The first-order valence-electron chi connectivity index (χ1n) is 12.0. The Labute approximate surface area is 214 Å². The van der Waals surface area contributed by atoms with Crippen LogP contribution in [0.25, 0.3) is 0 Å². The Morgan fingerprint density at radius 2 is 1.81 bits per heavy atom. The van der Waals surface area contributed by atoms with Gasteiger partial charge in [0, 0.05) is 30.3 Å². The summed E-state index contributed by atoms with van der Waals surface area (Å²) in [6, 6.07) is 19.3. The zero-order valence-electron chi connectivity index (χ0n) is 19.9. The highest BCUT2D eigenvalue weighted by molar-refractivity contribution is 6.31. The molecule has 8 heteroatoms. The van der Waals surface area contributed by atoms with Crippen LogP contribution in [0.1, 0.15) is 52.7 Å². The van der Waals surface area contributed by atoms with E-state index in [1.165, 1.54) is 36.6 Å². The van der Waals surface area contributed by atoms with E-state index < -0.39 is 6.36 Å². The summed E-state index contributed by atoms with van der Waals surface area (Å²) in [6.45, 7) is 3.24. The molecule has 190 valence electrons. The molecule has 3 aromatic rings. The van der Waals surface area contributed by atoms with Crippen molar-refractivity contribution in [3.63, 3.8) is 0 Å². The molecule has 0 saturated heterocycles. The molecule has 1 amide bonds. The van der Waals surface area contributed by atoms with Gasteiger partial charge < -0.3 is 15.0 Å². The van der Waals surface area contributed by atoms with Crippen LogP contribution >= 0.6 is 11.6 Å². The second-order valence-corrected chi connectivity index (χ2v) is 9.34. The van der Waals surface area contributed by atoms with E-state index in [9.17, 15) is 18.0 Å². The molecule has 0 unspecified atom stereocenters. The number of ether oxygens (including phenoxy) is 1. The van der Waals surface area contributed by atoms with Crippen molar-refractivity contribution in [1.29, 1.82) is 0 Å². The number of halogens is 4. The molecule has 0 spiro atoms. The molecule has 4 nitrogen and oxygen atoms in total. The number of alkyl halides is 3. The van der Waals surface area contributed by atoms with E-state index in [4.69, 9.17) is 11.6 Å². The van der Waals surface area contributed by atoms with Crippen molar-refractivity contribution in [3.05, 3.63) is 94.0 Å². The molecule has 1 fully saturated rings. The van der Waals surface area contributed by atoms with Crippen LogP contribution in [-0.2, 0) is 13.0 Å². The second kappa shape index (κ2) is 11.2. The number of nitrogens with one attached hydrogen (secondary N) is 1. The van der Waals surface area contributed by atoms with E-state index in [-0.39, 0.29) is 11.7 Å². The molecule has 0 radical (unpaired) electrons. The fraction of sp³-hybridized carbons (Fsp3) is 0.321. The summed E-state index contributed by atoms with van der Waals surface area (Å²) in [5, 5.41) is 3.65. The molecule has 1 saturated carbocycles. The molecule has 0 atom stereocenters. The molecular formula is C28H28ClF3N2O2. The number of amides is 1. The van der Waals surface area contributed by atoms with Gasteiger partial charge in [0.25, 0.3) is 5.91 Å². The van der Waals surface area contributed by atoms with Crippen molar-refractivity contribution in [1.82, 2.24) is 4.90 Å². The number of hydrogen-bond donors (Lipinski definition) is 1. The molecule has 36 heavy (non-hydrogen) atoms. The van der Waals surface area contributed by atoms with Gasteiger partial charge in [-0.2, -0.15) is 0 Å². The van der Waals surface area contributed by atoms with Crippen LogP contribution in [-0.4, -0.2) is 30.3 Å². The quantitative estimate of drug-likeness (QED) is 0.304. The number of carbonyl (C=O) groups excluding carboxylic acids is 1. The van der Waals surface area contributed by atoms with E-state index in [1.807, 2.05) is 19.1 Å². The van der Waals surface area contributed by atoms with Gasteiger partial charge in [0.2, 0.25) is 0 Å². The van der Waals surface area contributed by atoms with Gasteiger partial charge in [0.05, 0.1) is 5.56 Å². The van der Waals surface area contributed by atoms with Crippen LogP contribution < -0.4 is 10.1 Å². The third kappa shape index (κ3) is 7.17. The summed E-state index contributed by atoms with van der Waals surface area (Å²) in [4.78, 5) is 15.4. The Bertz CT molecular complexity index is 1190. The minimum atomic E-state index is -4.76. The van der Waals surface area contributed by atoms with Gasteiger partial charge in [-0.1, -0.05) is 48.0 Å². The maximum Gasteiger partial charge on any atom is 0.573 e. The highest BCUT2D eigenvalue weighted by Gasteiger charge is 2.31. The number of benzene rings is 3. The zero-order chi connectivity index (χ0) is 25.7. The normalized spacial score (nSPS) is 13.4. The van der Waals surface area contributed by atoms with E-state index in [0.717, 1.165) is 5.56 Å². The highest BCUT2D eigenvalue weighted by atomic mass is 35.5. The van der Waals surface area contributed by atoms with Gasteiger partial charge in [-0.3, -0.25) is 4.79 Å². The fourth-order valence-corrected chi connectivity index (χ4v) is 4.33. The first-order chi connectivity index (χ1) is 17.2. The van der Waals surface area contributed by atoms with Crippen molar-refractivity contribution in [2.24, 2.45) is 0 Å². The zero-order valence-corrected chi connectivity index (χ0v) is 20.7. The second-order valence-electron chi connectivity index (χ2n) is 8.91. The van der Waals surface area contributed by atoms with Crippen LogP contribution in [0.3, 0.4) is 0 Å². The first kappa shape index (κ1) is 25.9. The summed E-state index contributed by atoms with van der Waals surface area (Å²) < 4.78 is 42.0. The van der Waals surface area contributed by atoms with Crippen LogP contribution in [0, 0.1) is 0 Å². The lowest BCUT2D eigenvalue weighted by Gasteiger charge is -2.25. The lowest BCUT2D eigenvalue weighted by atomic mass is 10.1. The standard InChI is InChI=1S/C28H28ClF3N2O2/c1-2-33-26-13-12-23(29)17-25(26)27(35)34(18-20-6-8-21(9-7-20)22-10-11-22)15-14-19-4-3-5-24(16-19)36-28(30,31)32/h3-9,12-13,16-17,22,33H,2,10-11,14-15,18H2,1H3. The van der Waals surface area contributed by atoms with Gasteiger partial charge in [-0.25, -0.2) is 0 Å². The average Bonchev–Trinajstić information content (AvgIpc) is 3.68. The summed E-state index contributed by atoms with van der Waals surface area (Å²) in [7, 11) is 0. The van der Waals surface area contributed by atoms with Crippen molar-refractivity contribution in [2.75, 3.05) is 18.4 Å². The first-order valence-corrected chi connectivity index (χ1v) is 12.4. The molecule has 4 rings (SSSR count). The summed E-state index contributed by atoms with van der Waals surface area (Å²) in [6.07, 6.45) is -1.98. The molecule has 1 aliphatic rings. The van der Waals surface area contributed by atoms with Gasteiger partial charge in [0.1, 0.15) is 5.75 Å². The molecule has 3 aromatic carbocycles. The summed E-state index contributed by atoms with van der Waals surface area (Å²) in [5.74, 6) is 0.150. The monoisotopic (exact) mass is 516 g/mol. The van der Waals surface area contributed by atoms with E-state index in [1.54, 1.807) is 29.2 Å². The Morgan fingerprint density at radius 1 is 1.06 bits per heavy atom. The number of nitrogens with zero attached hydrogens (tertiary/aromatic N) is 1. The van der Waals surface area contributed by atoms with E-state index in [0.29, 0.717) is 53.8 Å². The smallest absolute Gasteiger partial charge is 0.406 e. The molecule has 0 bridgehead atoms. The van der Waals surface area contributed by atoms with Gasteiger partial charge in [-0.15, -0.1) is 13.2 Å². The van der Waals surface area contributed by atoms with Crippen molar-refractivity contribution in [3.8, 4) is 5.75 Å². The highest BCUT2D eigenvalue weighted by Crippen LogP contribution is 2.40. The maximum absolute atomic E-state index is 13.7. The largest absolute Gasteiger partial charge is 0.573 e.